The number of hydrogen-bond donors (Lipinski definition) is 2. The Bertz CT molecular complexity index is 489. The number of nitrogen functional groups attached to an aromatic ring is 1. The van der Waals surface area contributed by atoms with Crippen LogP contribution in [0, 0.1) is 0 Å². The molecule has 1 aromatic heterocycles. The molecule has 0 aromatic carbocycles. The summed E-state index contributed by atoms with van der Waals surface area (Å²) < 4.78 is 32.5. The van der Waals surface area contributed by atoms with Gasteiger partial charge in [0, 0.05) is 17.7 Å². The first kappa shape index (κ1) is 12.8. The van der Waals surface area contributed by atoms with Crippen molar-refractivity contribution in [1.29, 1.82) is 0 Å². The van der Waals surface area contributed by atoms with Gasteiger partial charge in [-0.05, 0) is 25.8 Å². The molecule has 1 atom stereocenters. The van der Waals surface area contributed by atoms with E-state index in [-0.39, 0.29) is 4.21 Å². The number of rotatable bonds is 3. The van der Waals surface area contributed by atoms with Crippen molar-refractivity contribution in [3.05, 3.63) is 11.4 Å². The van der Waals surface area contributed by atoms with Gasteiger partial charge in [0.15, 0.2) is 0 Å². The van der Waals surface area contributed by atoms with Gasteiger partial charge >= 0.3 is 0 Å². The maximum atomic E-state index is 12.1. The van der Waals surface area contributed by atoms with E-state index in [0.29, 0.717) is 18.9 Å². The molecular weight excluding hydrogens is 260 g/mol. The first-order valence-electron chi connectivity index (χ1n) is 5.37. The normalized spacial score (nSPS) is 25.9. The molecule has 5 nitrogen and oxygen atoms in total. The van der Waals surface area contributed by atoms with Crippen LogP contribution in [-0.4, -0.2) is 27.2 Å². The van der Waals surface area contributed by atoms with Crippen LogP contribution in [0.15, 0.2) is 15.7 Å². The average Bonchev–Trinajstić information content (AvgIpc) is 2.65. The SMILES string of the molecule is CC1(NS(=O)(=O)c2cc(N)cs2)CCCOC1. The number of nitrogens with two attached hydrogens (primary N) is 1. The zero-order chi connectivity index (χ0) is 12.5. The zero-order valence-corrected chi connectivity index (χ0v) is 11.2. The molecule has 1 aromatic rings. The molecule has 96 valence electrons. The number of thiophene rings is 1. The Hall–Kier alpha value is -0.630. The van der Waals surface area contributed by atoms with E-state index >= 15 is 0 Å². The van der Waals surface area contributed by atoms with Crippen LogP contribution in [-0.2, 0) is 14.8 Å². The lowest BCUT2D eigenvalue weighted by molar-refractivity contribution is 0.0387. The van der Waals surface area contributed by atoms with Crippen molar-refractivity contribution >= 4 is 27.0 Å². The third-order valence-electron chi connectivity index (χ3n) is 2.68. The molecule has 2 rings (SSSR count). The van der Waals surface area contributed by atoms with Gasteiger partial charge in [-0.25, -0.2) is 13.1 Å². The molecule has 0 radical (unpaired) electrons. The van der Waals surface area contributed by atoms with Crippen LogP contribution in [0.5, 0.6) is 0 Å². The molecular formula is C10H16N2O3S2. The van der Waals surface area contributed by atoms with Crippen LogP contribution in [0.3, 0.4) is 0 Å². The highest BCUT2D eigenvalue weighted by molar-refractivity contribution is 7.91. The predicted octanol–water partition coefficient (Wildman–Crippen LogP) is 1.18. The number of nitrogens with one attached hydrogen (secondary N) is 1. The van der Waals surface area contributed by atoms with Crippen LogP contribution < -0.4 is 10.5 Å². The van der Waals surface area contributed by atoms with Gasteiger partial charge in [-0.3, -0.25) is 0 Å². The quantitative estimate of drug-likeness (QED) is 0.868. The van der Waals surface area contributed by atoms with Crippen LogP contribution in [0.25, 0.3) is 0 Å². The Morgan fingerprint density at radius 2 is 2.35 bits per heavy atom. The Kier molecular flexibility index (Phi) is 3.44. The van der Waals surface area contributed by atoms with Crippen molar-refractivity contribution in [3.8, 4) is 0 Å². The van der Waals surface area contributed by atoms with Crippen molar-refractivity contribution in [1.82, 2.24) is 4.72 Å². The van der Waals surface area contributed by atoms with Gasteiger partial charge in [0.2, 0.25) is 0 Å². The molecule has 17 heavy (non-hydrogen) atoms. The van der Waals surface area contributed by atoms with E-state index in [1.807, 2.05) is 6.92 Å². The van der Waals surface area contributed by atoms with Gasteiger partial charge in [-0.15, -0.1) is 11.3 Å². The Morgan fingerprint density at radius 3 is 2.88 bits per heavy atom. The predicted molar refractivity (Wildman–Crippen MR) is 67.5 cm³/mol. The minimum atomic E-state index is -3.49. The van der Waals surface area contributed by atoms with Crippen molar-refractivity contribution in [2.45, 2.75) is 29.5 Å². The lowest BCUT2D eigenvalue weighted by Gasteiger charge is -2.33. The first-order valence-corrected chi connectivity index (χ1v) is 7.73. The third-order valence-corrected chi connectivity index (χ3v) is 5.78. The molecule has 1 fully saturated rings. The number of anilines is 1. The molecule has 0 bridgehead atoms. The van der Waals surface area contributed by atoms with Crippen molar-refractivity contribution < 1.29 is 13.2 Å². The molecule has 1 aliphatic heterocycles. The smallest absolute Gasteiger partial charge is 0.250 e. The van der Waals surface area contributed by atoms with Gasteiger partial charge in [0.05, 0.1) is 12.1 Å². The van der Waals surface area contributed by atoms with E-state index in [1.54, 1.807) is 5.38 Å². The summed E-state index contributed by atoms with van der Waals surface area (Å²) in [6.45, 7) is 2.97. The van der Waals surface area contributed by atoms with E-state index in [0.717, 1.165) is 24.2 Å². The van der Waals surface area contributed by atoms with Crippen LogP contribution in [0.1, 0.15) is 19.8 Å². The molecule has 1 unspecified atom stereocenters. The molecule has 2 heterocycles. The van der Waals surface area contributed by atoms with Gasteiger partial charge in [0.25, 0.3) is 10.0 Å². The standard InChI is InChI=1S/C10H16N2O3S2/c1-10(3-2-4-15-7-10)12-17(13,14)9-5-8(11)6-16-9/h5-6,12H,2-4,7,11H2,1H3. The molecule has 0 saturated carbocycles. The van der Waals surface area contributed by atoms with E-state index in [9.17, 15) is 8.42 Å². The first-order chi connectivity index (χ1) is 7.91. The summed E-state index contributed by atoms with van der Waals surface area (Å²) >= 11 is 1.13. The van der Waals surface area contributed by atoms with E-state index < -0.39 is 15.6 Å². The summed E-state index contributed by atoms with van der Waals surface area (Å²) in [7, 11) is -3.49. The second-order valence-electron chi connectivity index (χ2n) is 4.52. The summed E-state index contributed by atoms with van der Waals surface area (Å²) in [5, 5.41) is 1.62. The fourth-order valence-corrected chi connectivity index (χ4v) is 4.36. The summed E-state index contributed by atoms with van der Waals surface area (Å²) in [4.78, 5) is 0. The molecule has 7 heteroatoms. The minimum absolute atomic E-state index is 0.252. The van der Waals surface area contributed by atoms with Crippen LogP contribution in [0.4, 0.5) is 5.69 Å². The molecule has 3 N–H and O–H groups in total. The average molecular weight is 276 g/mol. The monoisotopic (exact) mass is 276 g/mol. The van der Waals surface area contributed by atoms with E-state index in [1.165, 1.54) is 6.07 Å². The van der Waals surface area contributed by atoms with Gasteiger partial charge in [-0.2, -0.15) is 0 Å². The van der Waals surface area contributed by atoms with Crippen molar-refractivity contribution in [2.24, 2.45) is 0 Å². The Balaban J connectivity index is 2.17. The minimum Gasteiger partial charge on any atom is -0.398 e. The summed E-state index contributed by atoms with van der Waals surface area (Å²) in [6.07, 6.45) is 1.65. The second-order valence-corrected chi connectivity index (χ2v) is 7.34. The Labute approximate surface area is 105 Å². The highest BCUT2D eigenvalue weighted by atomic mass is 32.2. The second kappa shape index (κ2) is 4.56. The highest BCUT2D eigenvalue weighted by Gasteiger charge is 2.33. The summed E-state index contributed by atoms with van der Waals surface area (Å²) in [6, 6.07) is 1.47. The van der Waals surface area contributed by atoms with Gasteiger partial charge in [0.1, 0.15) is 4.21 Å². The topological polar surface area (TPSA) is 81.4 Å². The molecule has 0 aliphatic carbocycles. The lowest BCUT2D eigenvalue weighted by atomic mass is 9.97. The zero-order valence-electron chi connectivity index (χ0n) is 9.60. The van der Waals surface area contributed by atoms with E-state index in [4.69, 9.17) is 10.5 Å². The molecule has 0 amide bonds. The third kappa shape index (κ3) is 2.98. The summed E-state index contributed by atoms with van der Waals surface area (Å²) in [5.41, 5.74) is 5.49. The van der Waals surface area contributed by atoms with Crippen molar-refractivity contribution in [3.63, 3.8) is 0 Å². The van der Waals surface area contributed by atoms with E-state index in [2.05, 4.69) is 4.72 Å². The molecule has 1 saturated heterocycles. The largest absolute Gasteiger partial charge is 0.398 e. The van der Waals surface area contributed by atoms with Gasteiger partial charge < -0.3 is 10.5 Å². The fraction of sp³-hybridized carbons (Fsp3) is 0.600. The maximum Gasteiger partial charge on any atom is 0.250 e. The van der Waals surface area contributed by atoms with Gasteiger partial charge in [-0.1, -0.05) is 0 Å². The maximum absolute atomic E-state index is 12.1. The fourth-order valence-electron chi connectivity index (χ4n) is 1.86. The molecule has 1 aliphatic rings. The van der Waals surface area contributed by atoms with Crippen molar-refractivity contribution in [2.75, 3.05) is 18.9 Å². The van der Waals surface area contributed by atoms with Crippen LogP contribution >= 0.6 is 11.3 Å². The number of ether oxygens (including phenoxy) is 1. The number of hydrogen-bond acceptors (Lipinski definition) is 5. The van der Waals surface area contributed by atoms with Crippen LogP contribution in [0.2, 0.25) is 0 Å². The summed E-state index contributed by atoms with van der Waals surface area (Å²) in [5.74, 6) is 0. The lowest BCUT2D eigenvalue weighted by Crippen LogP contribution is -2.51. The molecule has 0 spiro atoms. The highest BCUT2D eigenvalue weighted by Crippen LogP contribution is 2.25. The Morgan fingerprint density at radius 1 is 1.59 bits per heavy atom. The number of sulfonamides is 1.